The van der Waals surface area contributed by atoms with Crippen LogP contribution in [-0.2, 0) is 19.8 Å². The van der Waals surface area contributed by atoms with Crippen molar-refractivity contribution in [3.8, 4) is 0 Å². The molecule has 102 valence electrons. The second-order valence-electron chi connectivity index (χ2n) is 3.99. The lowest BCUT2D eigenvalue weighted by atomic mass is 10.1. The molecule has 1 aromatic carbocycles. The summed E-state index contributed by atoms with van der Waals surface area (Å²) in [6.07, 6.45) is -2.86. The van der Waals surface area contributed by atoms with Crippen LogP contribution in [0.3, 0.4) is 0 Å². The molecule has 5 nitrogen and oxygen atoms in total. The Labute approximate surface area is 107 Å². The molecule has 0 aliphatic heterocycles. The number of anilines is 2. The molecule has 1 aromatic heterocycles. The molecule has 2 rings (SSSR count). The molecule has 0 amide bonds. The number of hydrogen-bond donors (Lipinski definition) is 2. The van der Waals surface area contributed by atoms with Gasteiger partial charge in [-0.25, -0.2) is 4.98 Å². The number of aryl methyl sites for hydroxylation is 1. The van der Waals surface area contributed by atoms with E-state index in [4.69, 9.17) is 5.73 Å². The molecule has 0 aliphatic rings. The molecule has 0 fully saturated rings. The Bertz CT molecular complexity index is 576. The number of alkyl halides is 3. The number of nitrogens with one attached hydrogen (secondary N) is 1. The summed E-state index contributed by atoms with van der Waals surface area (Å²) in [5, 5.41) is 6.93. The van der Waals surface area contributed by atoms with Gasteiger partial charge in [0.05, 0.1) is 23.5 Å². The molecular weight excluding hydrogens is 259 g/mol. The number of rotatable bonds is 3. The summed E-state index contributed by atoms with van der Waals surface area (Å²) in [7, 11) is 1.73. The molecule has 19 heavy (non-hydrogen) atoms. The first-order valence-corrected chi connectivity index (χ1v) is 5.41. The van der Waals surface area contributed by atoms with Crippen LogP contribution in [-0.4, -0.2) is 14.8 Å². The summed E-state index contributed by atoms with van der Waals surface area (Å²) in [5.41, 5.74) is 5.26. The lowest BCUT2D eigenvalue weighted by Gasteiger charge is -2.11. The third-order valence-corrected chi connectivity index (χ3v) is 2.46. The average molecular weight is 271 g/mol. The monoisotopic (exact) mass is 271 g/mol. The number of nitrogens with zero attached hydrogens (tertiary/aromatic N) is 3. The van der Waals surface area contributed by atoms with Crippen LogP contribution in [0.15, 0.2) is 24.5 Å². The molecule has 0 saturated carbocycles. The van der Waals surface area contributed by atoms with Gasteiger partial charge in [0.15, 0.2) is 5.82 Å². The Kier molecular flexibility index (Phi) is 3.32. The van der Waals surface area contributed by atoms with E-state index in [2.05, 4.69) is 15.4 Å². The second-order valence-corrected chi connectivity index (χ2v) is 3.99. The second kappa shape index (κ2) is 4.79. The largest absolute Gasteiger partial charge is 0.416 e. The van der Waals surface area contributed by atoms with E-state index in [1.54, 1.807) is 7.05 Å². The maximum absolute atomic E-state index is 12.5. The molecule has 2 aromatic rings. The zero-order chi connectivity index (χ0) is 14.0. The first-order chi connectivity index (χ1) is 8.86. The molecule has 3 N–H and O–H groups in total. The summed E-state index contributed by atoms with van der Waals surface area (Å²) in [6.45, 7) is 0.288. The Morgan fingerprint density at radius 2 is 2.11 bits per heavy atom. The minimum Gasteiger partial charge on any atom is -0.397 e. The van der Waals surface area contributed by atoms with Crippen LogP contribution >= 0.6 is 0 Å². The van der Waals surface area contributed by atoms with Crippen LogP contribution in [0.25, 0.3) is 0 Å². The molecule has 1 heterocycles. The van der Waals surface area contributed by atoms with Gasteiger partial charge in [-0.1, -0.05) is 0 Å². The van der Waals surface area contributed by atoms with Crippen molar-refractivity contribution in [3.63, 3.8) is 0 Å². The fourth-order valence-corrected chi connectivity index (χ4v) is 1.54. The zero-order valence-electron chi connectivity index (χ0n) is 10.1. The smallest absolute Gasteiger partial charge is 0.397 e. The summed E-state index contributed by atoms with van der Waals surface area (Å²) < 4.78 is 38.9. The molecule has 0 aliphatic carbocycles. The van der Waals surface area contributed by atoms with Gasteiger partial charge in [-0.2, -0.15) is 18.3 Å². The van der Waals surface area contributed by atoms with Gasteiger partial charge in [0, 0.05) is 7.05 Å². The topological polar surface area (TPSA) is 68.8 Å². The van der Waals surface area contributed by atoms with Crippen molar-refractivity contribution >= 4 is 11.4 Å². The van der Waals surface area contributed by atoms with Crippen LogP contribution in [0.1, 0.15) is 11.4 Å². The van der Waals surface area contributed by atoms with Gasteiger partial charge in [0.25, 0.3) is 0 Å². The first-order valence-electron chi connectivity index (χ1n) is 5.41. The minimum atomic E-state index is -4.39. The summed E-state index contributed by atoms with van der Waals surface area (Å²) >= 11 is 0. The summed E-state index contributed by atoms with van der Waals surface area (Å²) in [6, 6.07) is 3.17. The van der Waals surface area contributed by atoms with Crippen LogP contribution in [0.4, 0.5) is 24.5 Å². The molecule has 0 saturated heterocycles. The molecule has 0 radical (unpaired) electrons. The fraction of sp³-hybridized carbons (Fsp3) is 0.273. The maximum Gasteiger partial charge on any atom is 0.416 e. The zero-order valence-corrected chi connectivity index (χ0v) is 10.1. The molecule has 8 heteroatoms. The van der Waals surface area contributed by atoms with Gasteiger partial charge in [-0.05, 0) is 18.2 Å². The SMILES string of the molecule is Cn1cnc(CNc2ccc(C(F)(F)F)cc2N)n1. The van der Waals surface area contributed by atoms with Crippen molar-refractivity contribution in [2.24, 2.45) is 7.05 Å². The van der Waals surface area contributed by atoms with Crippen LogP contribution in [0.5, 0.6) is 0 Å². The van der Waals surface area contributed by atoms with E-state index in [0.717, 1.165) is 12.1 Å². The summed E-state index contributed by atoms with van der Waals surface area (Å²) in [4.78, 5) is 3.99. The van der Waals surface area contributed by atoms with Gasteiger partial charge < -0.3 is 11.1 Å². The van der Waals surface area contributed by atoms with Crippen molar-refractivity contribution in [1.29, 1.82) is 0 Å². The molecular formula is C11H12F3N5. The average Bonchev–Trinajstić information content (AvgIpc) is 2.72. The quantitative estimate of drug-likeness (QED) is 0.838. The number of benzene rings is 1. The number of nitrogen functional groups attached to an aromatic ring is 1. The molecule has 0 atom stereocenters. The van der Waals surface area contributed by atoms with E-state index < -0.39 is 11.7 Å². The van der Waals surface area contributed by atoms with Crippen molar-refractivity contribution in [1.82, 2.24) is 14.8 Å². The van der Waals surface area contributed by atoms with E-state index in [1.807, 2.05) is 0 Å². The number of aromatic nitrogens is 3. The third kappa shape index (κ3) is 3.15. The van der Waals surface area contributed by atoms with Crippen molar-refractivity contribution in [3.05, 3.63) is 35.9 Å². The van der Waals surface area contributed by atoms with Gasteiger partial charge in [0.2, 0.25) is 0 Å². The standard InChI is InChI=1S/C11H12F3N5/c1-19-6-17-10(18-19)5-16-9-3-2-7(4-8(9)15)11(12,13)14/h2-4,6,16H,5,15H2,1H3. The number of hydrogen-bond acceptors (Lipinski definition) is 4. The van der Waals surface area contributed by atoms with E-state index >= 15 is 0 Å². The van der Waals surface area contributed by atoms with Gasteiger partial charge in [0.1, 0.15) is 6.33 Å². The normalized spacial score (nSPS) is 11.6. The Hall–Kier alpha value is -2.25. The summed E-state index contributed by atoms with van der Waals surface area (Å²) in [5.74, 6) is 0.529. The van der Waals surface area contributed by atoms with Crippen molar-refractivity contribution in [2.75, 3.05) is 11.1 Å². The van der Waals surface area contributed by atoms with E-state index in [-0.39, 0.29) is 12.2 Å². The lowest BCUT2D eigenvalue weighted by Crippen LogP contribution is -2.08. The van der Waals surface area contributed by atoms with Crippen LogP contribution < -0.4 is 11.1 Å². The highest BCUT2D eigenvalue weighted by molar-refractivity contribution is 5.67. The Balaban J connectivity index is 2.09. The maximum atomic E-state index is 12.5. The van der Waals surface area contributed by atoms with Crippen LogP contribution in [0, 0.1) is 0 Å². The number of halogens is 3. The first kappa shape index (κ1) is 13.2. The Morgan fingerprint density at radius 3 is 2.63 bits per heavy atom. The fourth-order valence-electron chi connectivity index (χ4n) is 1.54. The van der Waals surface area contributed by atoms with E-state index in [9.17, 15) is 13.2 Å². The highest BCUT2D eigenvalue weighted by atomic mass is 19.4. The predicted octanol–water partition coefficient (Wildman–Crippen LogP) is 2.03. The molecule has 0 spiro atoms. The predicted molar refractivity (Wildman–Crippen MR) is 64.2 cm³/mol. The van der Waals surface area contributed by atoms with E-state index in [1.165, 1.54) is 17.1 Å². The van der Waals surface area contributed by atoms with Gasteiger partial charge in [-0.3, -0.25) is 4.68 Å². The third-order valence-electron chi connectivity index (χ3n) is 2.46. The lowest BCUT2D eigenvalue weighted by molar-refractivity contribution is -0.137. The Morgan fingerprint density at radius 1 is 1.37 bits per heavy atom. The van der Waals surface area contributed by atoms with Crippen molar-refractivity contribution in [2.45, 2.75) is 12.7 Å². The van der Waals surface area contributed by atoms with Gasteiger partial charge >= 0.3 is 6.18 Å². The van der Waals surface area contributed by atoms with E-state index in [0.29, 0.717) is 11.5 Å². The highest BCUT2D eigenvalue weighted by Crippen LogP contribution is 2.32. The van der Waals surface area contributed by atoms with Gasteiger partial charge in [-0.15, -0.1) is 0 Å². The molecule has 0 bridgehead atoms. The highest BCUT2D eigenvalue weighted by Gasteiger charge is 2.30. The van der Waals surface area contributed by atoms with Crippen molar-refractivity contribution < 1.29 is 13.2 Å². The van der Waals surface area contributed by atoms with Crippen LogP contribution in [0.2, 0.25) is 0 Å². The minimum absolute atomic E-state index is 0.0331. The number of nitrogens with two attached hydrogens (primary N) is 1. The molecule has 0 unspecified atom stereocenters.